The number of nitrogens with one attached hydrogen (secondary N) is 1. The number of para-hydroxylation sites is 1. The Kier molecular flexibility index (Phi) is 3.34. The van der Waals surface area contributed by atoms with Crippen LogP contribution in [0.4, 0.5) is 0 Å². The molecule has 1 aromatic carbocycles. The smallest absolute Gasteiger partial charge is 0.178 e. The highest BCUT2D eigenvalue weighted by molar-refractivity contribution is 7.71. The molecule has 0 spiro atoms. The highest BCUT2D eigenvalue weighted by Crippen LogP contribution is 2.23. The van der Waals surface area contributed by atoms with Gasteiger partial charge in [0.1, 0.15) is 0 Å². The first kappa shape index (κ1) is 12.4. The predicted octanol–water partition coefficient (Wildman–Crippen LogP) is 4.44. The van der Waals surface area contributed by atoms with Gasteiger partial charge in [-0.05, 0) is 24.7 Å². The standard InChI is InChI=1S/C15H17N3S/c1-2-3-6-9-18-14-11-7-4-5-8-12(11)16-10-13(14)17-15(18)19/h4-5,7-8,10H,2-3,6,9H2,1H3,(H,17,19). The summed E-state index contributed by atoms with van der Waals surface area (Å²) in [6.45, 7) is 3.19. The van der Waals surface area contributed by atoms with Gasteiger partial charge in [-0.1, -0.05) is 38.0 Å². The molecule has 0 aliphatic carbocycles. The van der Waals surface area contributed by atoms with Crippen LogP contribution >= 0.6 is 12.2 Å². The zero-order chi connectivity index (χ0) is 13.2. The van der Waals surface area contributed by atoms with Gasteiger partial charge in [0, 0.05) is 11.9 Å². The average Bonchev–Trinajstić information content (AvgIpc) is 2.76. The molecule has 1 N–H and O–H groups in total. The Labute approximate surface area is 117 Å². The molecule has 98 valence electrons. The number of aromatic amines is 1. The van der Waals surface area contributed by atoms with Gasteiger partial charge >= 0.3 is 0 Å². The number of pyridine rings is 1. The van der Waals surface area contributed by atoms with Gasteiger partial charge in [-0.15, -0.1) is 0 Å². The molecule has 0 radical (unpaired) electrons. The molecule has 3 rings (SSSR count). The number of rotatable bonds is 4. The van der Waals surface area contributed by atoms with Crippen molar-refractivity contribution in [2.75, 3.05) is 0 Å². The summed E-state index contributed by atoms with van der Waals surface area (Å²) in [5.41, 5.74) is 3.24. The van der Waals surface area contributed by atoms with Crippen molar-refractivity contribution in [2.24, 2.45) is 0 Å². The van der Waals surface area contributed by atoms with Crippen LogP contribution in [0, 0.1) is 4.77 Å². The van der Waals surface area contributed by atoms with E-state index in [0.717, 1.165) is 28.8 Å². The molecule has 0 unspecified atom stereocenters. The highest BCUT2D eigenvalue weighted by atomic mass is 32.1. The lowest BCUT2D eigenvalue weighted by Gasteiger charge is -2.06. The van der Waals surface area contributed by atoms with Crippen molar-refractivity contribution in [2.45, 2.75) is 32.7 Å². The number of H-pyrrole nitrogens is 1. The monoisotopic (exact) mass is 271 g/mol. The molecule has 2 aromatic heterocycles. The van der Waals surface area contributed by atoms with Crippen LogP contribution in [-0.4, -0.2) is 14.5 Å². The fourth-order valence-electron chi connectivity index (χ4n) is 2.53. The Hall–Kier alpha value is -1.68. The van der Waals surface area contributed by atoms with Gasteiger partial charge in [0.2, 0.25) is 0 Å². The third kappa shape index (κ3) is 2.16. The summed E-state index contributed by atoms with van der Waals surface area (Å²) in [7, 11) is 0. The second kappa shape index (κ2) is 5.13. The first-order valence-electron chi connectivity index (χ1n) is 6.77. The molecule has 3 nitrogen and oxygen atoms in total. The van der Waals surface area contributed by atoms with E-state index in [1.165, 1.54) is 23.7 Å². The topological polar surface area (TPSA) is 33.6 Å². The lowest BCUT2D eigenvalue weighted by Crippen LogP contribution is -1.98. The molecule has 19 heavy (non-hydrogen) atoms. The number of fused-ring (bicyclic) bond motifs is 3. The lowest BCUT2D eigenvalue weighted by atomic mass is 10.2. The van der Waals surface area contributed by atoms with Crippen LogP contribution in [-0.2, 0) is 6.54 Å². The summed E-state index contributed by atoms with van der Waals surface area (Å²) < 4.78 is 3.01. The number of imidazole rings is 1. The van der Waals surface area contributed by atoms with Crippen LogP contribution in [0.2, 0.25) is 0 Å². The number of benzene rings is 1. The van der Waals surface area contributed by atoms with Gasteiger partial charge in [0.25, 0.3) is 0 Å². The van der Waals surface area contributed by atoms with E-state index in [-0.39, 0.29) is 0 Å². The summed E-state index contributed by atoms with van der Waals surface area (Å²) in [4.78, 5) is 7.73. The minimum absolute atomic E-state index is 0.796. The SMILES string of the molecule is CCCCCn1c(=S)[nH]c2cnc3ccccc3c21. The predicted molar refractivity (Wildman–Crippen MR) is 81.9 cm³/mol. The van der Waals surface area contributed by atoms with Crippen molar-refractivity contribution in [3.63, 3.8) is 0 Å². The molecule has 0 saturated carbocycles. The Morgan fingerprint density at radius 2 is 2.11 bits per heavy atom. The zero-order valence-corrected chi connectivity index (χ0v) is 11.8. The van der Waals surface area contributed by atoms with Crippen molar-refractivity contribution in [3.8, 4) is 0 Å². The first-order valence-corrected chi connectivity index (χ1v) is 7.18. The van der Waals surface area contributed by atoms with E-state index in [1.54, 1.807) is 0 Å². The normalized spacial score (nSPS) is 11.4. The van der Waals surface area contributed by atoms with Crippen molar-refractivity contribution < 1.29 is 0 Å². The Morgan fingerprint density at radius 3 is 2.95 bits per heavy atom. The number of unbranched alkanes of at least 4 members (excludes halogenated alkanes) is 2. The van der Waals surface area contributed by atoms with Crippen LogP contribution in [0.15, 0.2) is 30.5 Å². The second-order valence-electron chi connectivity index (χ2n) is 4.83. The molecule has 0 bridgehead atoms. The van der Waals surface area contributed by atoms with Crippen LogP contribution in [0.5, 0.6) is 0 Å². The van der Waals surface area contributed by atoms with Gasteiger partial charge in [-0.25, -0.2) is 0 Å². The van der Waals surface area contributed by atoms with E-state index in [4.69, 9.17) is 12.2 Å². The number of hydrogen-bond acceptors (Lipinski definition) is 2. The molecule has 0 aliphatic heterocycles. The number of aromatic nitrogens is 3. The summed E-state index contributed by atoms with van der Waals surface area (Å²) in [5.74, 6) is 0. The van der Waals surface area contributed by atoms with Crippen molar-refractivity contribution in [3.05, 3.63) is 35.2 Å². The van der Waals surface area contributed by atoms with Gasteiger partial charge in [-0.3, -0.25) is 4.98 Å². The number of aryl methyl sites for hydroxylation is 1. The summed E-state index contributed by atoms with van der Waals surface area (Å²) in [5, 5.41) is 1.17. The van der Waals surface area contributed by atoms with E-state index in [9.17, 15) is 0 Å². The third-order valence-electron chi connectivity index (χ3n) is 3.49. The third-order valence-corrected chi connectivity index (χ3v) is 3.81. The minimum Gasteiger partial charge on any atom is -0.329 e. The molecule has 3 aromatic rings. The zero-order valence-electron chi connectivity index (χ0n) is 11.0. The molecular weight excluding hydrogens is 254 g/mol. The molecule has 0 aliphatic rings. The van der Waals surface area contributed by atoms with Crippen LogP contribution in [0.25, 0.3) is 21.9 Å². The van der Waals surface area contributed by atoms with Crippen LogP contribution in [0.1, 0.15) is 26.2 Å². The fourth-order valence-corrected chi connectivity index (χ4v) is 2.82. The molecular formula is C15H17N3S. The van der Waals surface area contributed by atoms with E-state index in [1.807, 2.05) is 18.3 Å². The minimum atomic E-state index is 0.796. The summed E-state index contributed by atoms with van der Waals surface area (Å²) >= 11 is 5.45. The van der Waals surface area contributed by atoms with E-state index in [2.05, 4.69) is 33.6 Å². The quantitative estimate of drug-likeness (QED) is 0.562. The maximum absolute atomic E-state index is 5.45. The van der Waals surface area contributed by atoms with Gasteiger partial charge in [-0.2, -0.15) is 0 Å². The van der Waals surface area contributed by atoms with Gasteiger partial charge in [0.05, 0.1) is 22.7 Å². The Balaban J connectivity index is 2.22. The average molecular weight is 271 g/mol. The van der Waals surface area contributed by atoms with Crippen LogP contribution in [0.3, 0.4) is 0 Å². The summed E-state index contributed by atoms with van der Waals surface area (Å²) in [6.07, 6.45) is 5.49. The maximum atomic E-state index is 5.45. The molecule has 0 saturated heterocycles. The number of hydrogen-bond donors (Lipinski definition) is 1. The first-order chi connectivity index (χ1) is 9.31. The van der Waals surface area contributed by atoms with E-state index >= 15 is 0 Å². The molecule has 0 fully saturated rings. The maximum Gasteiger partial charge on any atom is 0.178 e. The molecule has 0 amide bonds. The van der Waals surface area contributed by atoms with Crippen molar-refractivity contribution >= 4 is 34.2 Å². The van der Waals surface area contributed by atoms with Crippen molar-refractivity contribution in [1.82, 2.24) is 14.5 Å². The van der Waals surface area contributed by atoms with Crippen molar-refractivity contribution in [1.29, 1.82) is 0 Å². The highest BCUT2D eigenvalue weighted by Gasteiger charge is 2.08. The largest absolute Gasteiger partial charge is 0.329 e. The van der Waals surface area contributed by atoms with E-state index in [0.29, 0.717) is 0 Å². The Bertz CT molecular complexity index is 770. The van der Waals surface area contributed by atoms with Gasteiger partial charge in [0.15, 0.2) is 4.77 Å². The number of nitrogens with zero attached hydrogens (tertiary/aromatic N) is 2. The fraction of sp³-hybridized carbons (Fsp3) is 0.333. The summed E-state index contributed by atoms with van der Waals surface area (Å²) in [6, 6.07) is 8.23. The van der Waals surface area contributed by atoms with Gasteiger partial charge < -0.3 is 9.55 Å². The van der Waals surface area contributed by atoms with E-state index < -0.39 is 0 Å². The lowest BCUT2D eigenvalue weighted by molar-refractivity contribution is 0.609. The van der Waals surface area contributed by atoms with Crippen LogP contribution < -0.4 is 0 Å². The second-order valence-corrected chi connectivity index (χ2v) is 5.21. The molecule has 0 atom stereocenters. The molecule has 2 heterocycles. The Morgan fingerprint density at radius 1 is 1.26 bits per heavy atom. The molecule has 4 heteroatoms.